The first-order valence-electron chi connectivity index (χ1n) is 7.46. The number of hydrogen-bond acceptors (Lipinski definition) is 3. The van der Waals surface area contributed by atoms with Gasteiger partial charge in [0.1, 0.15) is 5.75 Å². The van der Waals surface area contributed by atoms with E-state index in [-0.39, 0.29) is 17.8 Å². The van der Waals surface area contributed by atoms with Crippen molar-refractivity contribution in [3.8, 4) is 0 Å². The van der Waals surface area contributed by atoms with Gasteiger partial charge in [-0.25, -0.2) is 0 Å². The van der Waals surface area contributed by atoms with Gasteiger partial charge in [-0.15, -0.1) is 0 Å². The van der Waals surface area contributed by atoms with Crippen LogP contribution in [0.5, 0.6) is 0 Å². The van der Waals surface area contributed by atoms with Crippen LogP contribution in [0.15, 0.2) is 61.2 Å². The molecule has 0 aliphatic carbocycles. The summed E-state index contributed by atoms with van der Waals surface area (Å²) in [5.41, 5.74) is 2.33. The van der Waals surface area contributed by atoms with Crippen molar-refractivity contribution in [3.63, 3.8) is 0 Å². The standard InChI is InChI=1S/C19H22O3S/c1-4-16-10-12-17(13-11-16)14-23(20,21)22-15-19(2,3)18-8-6-5-7-9-18/h4-13H,1,14-15H2,2-3H3. The summed E-state index contributed by atoms with van der Waals surface area (Å²) < 4.78 is 29.6. The van der Waals surface area contributed by atoms with E-state index in [0.717, 1.165) is 11.1 Å². The van der Waals surface area contributed by atoms with Gasteiger partial charge in [0.2, 0.25) is 0 Å². The molecule has 0 spiro atoms. The van der Waals surface area contributed by atoms with Crippen LogP contribution in [0.3, 0.4) is 0 Å². The molecule has 2 rings (SSSR count). The molecule has 0 unspecified atom stereocenters. The maximum Gasteiger partial charge on any atom is 0.271 e. The van der Waals surface area contributed by atoms with Crippen molar-refractivity contribution in [2.45, 2.75) is 25.0 Å². The zero-order chi connectivity index (χ0) is 16.9. The van der Waals surface area contributed by atoms with E-state index < -0.39 is 10.1 Å². The van der Waals surface area contributed by atoms with Crippen LogP contribution in [0.4, 0.5) is 0 Å². The van der Waals surface area contributed by atoms with Gasteiger partial charge in [-0.05, 0) is 16.7 Å². The Kier molecular flexibility index (Phi) is 5.39. The second-order valence-electron chi connectivity index (χ2n) is 6.16. The molecular formula is C19H22O3S. The monoisotopic (exact) mass is 330 g/mol. The Morgan fingerprint density at radius 2 is 1.65 bits per heavy atom. The normalized spacial score (nSPS) is 12.1. The van der Waals surface area contributed by atoms with Crippen molar-refractivity contribution in [2.75, 3.05) is 6.61 Å². The summed E-state index contributed by atoms with van der Waals surface area (Å²) in [6.45, 7) is 7.73. The maximum atomic E-state index is 12.2. The second kappa shape index (κ2) is 7.11. The van der Waals surface area contributed by atoms with Crippen LogP contribution in [0.2, 0.25) is 0 Å². The van der Waals surface area contributed by atoms with Crippen molar-refractivity contribution in [1.82, 2.24) is 0 Å². The number of hydrogen-bond donors (Lipinski definition) is 0. The van der Waals surface area contributed by atoms with Crippen LogP contribution in [-0.4, -0.2) is 15.0 Å². The predicted molar refractivity (Wildman–Crippen MR) is 94.6 cm³/mol. The van der Waals surface area contributed by atoms with Gasteiger partial charge in [0.05, 0.1) is 6.61 Å². The van der Waals surface area contributed by atoms with Crippen molar-refractivity contribution >= 4 is 16.2 Å². The lowest BCUT2D eigenvalue weighted by Gasteiger charge is -2.24. The minimum absolute atomic E-state index is 0.115. The van der Waals surface area contributed by atoms with E-state index in [2.05, 4.69) is 6.58 Å². The van der Waals surface area contributed by atoms with Crippen molar-refractivity contribution in [3.05, 3.63) is 77.9 Å². The van der Waals surface area contributed by atoms with Gasteiger partial charge in [-0.1, -0.05) is 81.1 Å². The van der Waals surface area contributed by atoms with Crippen molar-refractivity contribution < 1.29 is 12.6 Å². The van der Waals surface area contributed by atoms with Crippen molar-refractivity contribution in [1.29, 1.82) is 0 Å². The molecule has 0 atom stereocenters. The summed E-state index contributed by atoms with van der Waals surface area (Å²) in [6.07, 6.45) is 1.72. The minimum atomic E-state index is -3.62. The fourth-order valence-electron chi connectivity index (χ4n) is 2.21. The molecule has 0 aliphatic rings. The van der Waals surface area contributed by atoms with Gasteiger partial charge in [-0.3, -0.25) is 4.18 Å². The molecule has 0 fully saturated rings. The van der Waals surface area contributed by atoms with Crippen LogP contribution in [-0.2, 0) is 25.5 Å². The highest BCUT2D eigenvalue weighted by molar-refractivity contribution is 7.85. The Hall–Kier alpha value is -1.91. The van der Waals surface area contributed by atoms with Crippen LogP contribution < -0.4 is 0 Å². The van der Waals surface area contributed by atoms with Gasteiger partial charge in [-0.2, -0.15) is 8.42 Å². The number of rotatable bonds is 7. The molecule has 23 heavy (non-hydrogen) atoms. The Bertz CT molecular complexity index is 745. The summed E-state index contributed by atoms with van der Waals surface area (Å²) in [5, 5.41) is 0. The Labute approximate surface area is 138 Å². The molecule has 0 N–H and O–H groups in total. The minimum Gasteiger partial charge on any atom is -0.269 e. The molecular weight excluding hydrogens is 308 g/mol. The molecule has 2 aromatic carbocycles. The van der Waals surface area contributed by atoms with E-state index in [1.54, 1.807) is 18.2 Å². The van der Waals surface area contributed by atoms with E-state index in [1.807, 2.05) is 56.3 Å². The Morgan fingerprint density at radius 3 is 2.22 bits per heavy atom. The fourth-order valence-corrected chi connectivity index (χ4v) is 3.36. The van der Waals surface area contributed by atoms with Gasteiger partial charge >= 0.3 is 0 Å². The van der Waals surface area contributed by atoms with Gasteiger partial charge in [0, 0.05) is 5.41 Å². The number of benzene rings is 2. The largest absolute Gasteiger partial charge is 0.271 e. The molecule has 0 radical (unpaired) electrons. The van der Waals surface area contributed by atoms with Crippen LogP contribution in [0.25, 0.3) is 6.08 Å². The lowest BCUT2D eigenvalue weighted by molar-refractivity contribution is 0.245. The molecule has 2 aromatic rings. The summed E-state index contributed by atoms with van der Waals surface area (Å²) >= 11 is 0. The third-order valence-corrected chi connectivity index (χ3v) is 4.88. The average molecular weight is 330 g/mol. The zero-order valence-corrected chi connectivity index (χ0v) is 14.3. The molecule has 0 amide bonds. The van der Waals surface area contributed by atoms with E-state index in [1.165, 1.54) is 0 Å². The van der Waals surface area contributed by atoms with E-state index in [4.69, 9.17) is 4.18 Å². The summed E-state index contributed by atoms with van der Waals surface area (Å²) in [5.74, 6) is -0.130. The molecule has 0 saturated carbocycles. The van der Waals surface area contributed by atoms with Crippen LogP contribution >= 0.6 is 0 Å². The molecule has 4 heteroatoms. The molecule has 0 aromatic heterocycles. The first kappa shape index (κ1) is 17.4. The van der Waals surface area contributed by atoms with Gasteiger partial charge in [0.25, 0.3) is 10.1 Å². The second-order valence-corrected chi connectivity index (χ2v) is 7.80. The SMILES string of the molecule is C=Cc1ccc(CS(=O)(=O)OCC(C)(C)c2ccccc2)cc1. The first-order chi connectivity index (χ1) is 10.8. The molecule has 122 valence electrons. The first-order valence-corrected chi connectivity index (χ1v) is 9.04. The van der Waals surface area contributed by atoms with Crippen LogP contribution in [0, 0.1) is 0 Å². The molecule has 0 heterocycles. The van der Waals surface area contributed by atoms with E-state index in [9.17, 15) is 8.42 Å². The topological polar surface area (TPSA) is 43.4 Å². The smallest absolute Gasteiger partial charge is 0.269 e. The van der Waals surface area contributed by atoms with Gasteiger partial charge < -0.3 is 0 Å². The van der Waals surface area contributed by atoms with E-state index in [0.29, 0.717) is 5.56 Å². The summed E-state index contributed by atoms with van der Waals surface area (Å²) in [4.78, 5) is 0. The molecule has 3 nitrogen and oxygen atoms in total. The highest BCUT2D eigenvalue weighted by Gasteiger charge is 2.24. The van der Waals surface area contributed by atoms with Crippen LogP contribution in [0.1, 0.15) is 30.5 Å². The highest BCUT2D eigenvalue weighted by atomic mass is 32.2. The molecule has 0 bridgehead atoms. The van der Waals surface area contributed by atoms with Crippen molar-refractivity contribution in [2.24, 2.45) is 0 Å². The maximum absolute atomic E-state index is 12.2. The van der Waals surface area contributed by atoms with E-state index >= 15 is 0 Å². The van der Waals surface area contributed by atoms with Gasteiger partial charge in [0.15, 0.2) is 0 Å². The Morgan fingerprint density at radius 1 is 1.04 bits per heavy atom. The quantitative estimate of drug-likeness (QED) is 0.716. The zero-order valence-electron chi connectivity index (χ0n) is 13.5. The summed E-state index contributed by atoms with van der Waals surface area (Å²) in [7, 11) is -3.62. The molecule has 0 saturated heterocycles. The fraction of sp³-hybridized carbons (Fsp3) is 0.263. The predicted octanol–water partition coefficient (Wildman–Crippen LogP) is 4.15. The summed E-state index contributed by atoms with van der Waals surface area (Å²) in [6, 6.07) is 17.0. The third kappa shape index (κ3) is 5.05. The third-order valence-electron chi connectivity index (χ3n) is 3.71. The molecule has 0 aliphatic heterocycles. The lowest BCUT2D eigenvalue weighted by Crippen LogP contribution is -2.26. The average Bonchev–Trinajstić information content (AvgIpc) is 2.54. The lowest BCUT2D eigenvalue weighted by atomic mass is 9.86. The highest BCUT2D eigenvalue weighted by Crippen LogP contribution is 2.24. The Balaban J connectivity index is 2.02.